The molecule has 1 aromatic rings. The van der Waals surface area contributed by atoms with Crippen LogP contribution < -0.4 is 0 Å². The summed E-state index contributed by atoms with van der Waals surface area (Å²) in [7, 11) is -2.66. The zero-order chi connectivity index (χ0) is 17.0. The second-order valence-corrected chi connectivity index (χ2v) is 6.65. The van der Waals surface area contributed by atoms with Crippen molar-refractivity contribution in [3.63, 3.8) is 0 Å². The summed E-state index contributed by atoms with van der Waals surface area (Å²) in [5, 5.41) is 14.2. The number of sulfonamides is 1. The van der Waals surface area contributed by atoms with Crippen LogP contribution in [0.3, 0.4) is 0 Å². The van der Waals surface area contributed by atoms with E-state index in [9.17, 15) is 22.8 Å². The standard InChI is InChI=1S/C12H15FN4O5S/c1-22-14-17(19)8-12(18)15-6-7-16(9-15)23(20,21)11-4-2-10(13)3-5-11/h2-5H,6-9H2,1H3/b17-14+. The molecule has 1 aliphatic heterocycles. The van der Waals surface area contributed by atoms with E-state index in [4.69, 9.17) is 0 Å². The zero-order valence-corrected chi connectivity index (χ0v) is 13.1. The van der Waals surface area contributed by atoms with E-state index in [1.54, 1.807) is 0 Å². The van der Waals surface area contributed by atoms with Gasteiger partial charge in [0.05, 0.1) is 11.6 Å². The summed E-state index contributed by atoms with van der Waals surface area (Å²) in [6.45, 7) is -0.510. The summed E-state index contributed by atoms with van der Waals surface area (Å²) >= 11 is 0. The van der Waals surface area contributed by atoms with Crippen LogP contribution in [0.2, 0.25) is 0 Å². The van der Waals surface area contributed by atoms with Gasteiger partial charge in [-0.25, -0.2) is 12.8 Å². The average Bonchev–Trinajstić information content (AvgIpc) is 2.98. The van der Waals surface area contributed by atoms with Gasteiger partial charge in [0, 0.05) is 13.1 Å². The molecule has 0 radical (unpaired) electrons. The molecule has 1 aliphatic rings. The Bertz CT molecular complexity index is 707. The lowest BCUT2D eigenvalue weighted by Crippen LogP contribution is -2.37. The third-order valence-corrected chi connectivity index (χ3v) is 5.04. The molecule has 126 valence electrons. The molecule has 9 nitrogen and oxygen atoms in total. The molecule has 0 saturated carbocycles. The van der Waals surface area contributed by atoms with E-state index in [2.05, 4.69) is 10.1 Å². The van der Waals surface area contributed by atoms with Gasteiger partial charge in [-0.05, 0) is 29.1 Å². The second-order valence-electron chi connectivity index (χ2n) is 4.71. The minimum absolute atomic E-state index is 0.0620. The Morgan fingerprint density at radius 3 is 2.65 bits per heavy atom. The molecule has 11 heteroatoms. The van der Waals surface area contributed by atoms with Gasteiger partial charge in [0.2, 0.25) is 10.0 Å². The summed E-state index contributed by atoms with van der Waals surface area (Å²) in [5.41, 5.74) is 0. The SMILES string of the molecule is CO/N=[N+](/[O-])CC(=O)N1CCN(S(=O)(=O)c2ccc(F)cc2)C1. The van der Waals surface area contributed by atoms with Crippen LogP contribution in [-0.4, -0.2) is 61.8 Å². The van der Waals surface area contributed by atoms with E-state index in [1.165, 1.54) is 12.0 Å². The third kappa shape index (κ3) is 3.93. The van der Waals surface area contributed by atoms with Crippen molar-refractivity contribution in [3.8, 4) is 0 Å². The van der Waals surface area contributed by atoms with Crippen molar-refractivity contribution < 1.29 is 27.3 Å². The van der Waals surface area contributed by atoms with Crippen LogP contribution in [0.5, 0.6) is 0 Å². The van der Waals surface area contributed by atoms with Gasteiger partial charge in [0.1, 0.15) is 12.9 Å². The van der Waals surface area contributed by atoms with Crippen LogP contribution in [0.4, 0.5) is 4.39 Å². The molecule has 23 heavy (non-hydrogen) atoms. The molecule has 1 aromatic carbocycles. The Morgan fingerprint density at radius 1 is 1.39 bits per heavy atom. The van der Waals surface area contributed by atoms with Crippen LogP contribution in [0, 0.1) is 11.0 Å². The van der Waals surface area contributed by atoms with Crippen LogP contribution >= 0.6 is 0 Å². The first kappa shape index (κ1) is 17.1. The molecule has 1 fully saturated rings. The van der Waals surface area contributed by atoms with Crippen LogP contribution in [0.1, 0.15) is 0 Å². The van der Waals surface area contributed by atoms with Crippen LogP contribution in [0.25, 0.3) is 0 Å². The van der Waals surface area contributed by atoms with Gasteiger partial charge < -0.3 is 14.9 Å². The highest BCUT2D eigenvalue weighted by Crippen LogP contribution is 2.19. The maximum Gasteiger partial charge on any atom is 0.293 e. The molecule has 0 bridgehead atoms. The van der Waals surface area contributed by atoms with Gasteiger partial charge >= 0.3 is 0 Å². The van der Waals surface area contributed by atoms with Gasteiger partial charge in [0.25, 0.3) is 12.5 Å². The second kappa shape index (κ2) is 6.87. The molecule has 0 aromatic heterocycles. The predicted octanol–water partition coefficient (Wildman–Crippen LogP) is 0.140. The number of hydroxylamine groups is 1. The topological polar surface area (TPSA) is 105 Å². The predicted molar refractivity (Wildman–Crippen MR) is 74.8 cm³/mol. The molecule has 0 spiro atoms. The molecule has 0 aliphatic carbocycles. The molecule has 2 rings (SSSR count). The first-order valence-corrected chi connectivity index (χ1v) is 8.01. The Morgan fingerprint density at radius 2 is 2.04 bits per heavy atom. The fraction of sp³-hybridized carbons (Fsp3) is 0.417. The first-order valence-electron chi connectivity index (χ1n) is 6.57. The summed E-state index contributed by atoms with van der Waals surface area (Å²) in [5.74, 6) is -1.11. The molecular formula is C12H15FN4O5S. The van der Waals surface area contributed by atoms with Crippen LogP contribution in [0.15, 0.2) is 34.4 Å². The molecule has 1 amide bonds. The highest BCUT2D eigenvalue weighted by atomic mass is 32.2. The minimum atomic E-state index is -3.83. The number of benzene rings is 1. The van der Waals surface area contributed by atoms with Crippen molar-refractivity contribution in [1.82, 2.24) is 9.21 Å². The van der Waals surface area contributed by atoms with Gasteiger partial charge in [-0.15, -0.1) is 0 Å². The summed E-state index contributed by atoms with van der Waals surface area (Å²) in [6, 6.07) is 4.42. The van der Waals surface area contributed by atoms with Gasteiger partial charge in [-0.2, -0.15) is 4.31 Å². The normalized spacial score (nSPS) is 16.6. The van der Waals surface area contributed by atoms with E-state index < -0.39 is 28.3 Å². The summed E-state index contributed by atoms with van der Waals surface area (Å²) in [6.07, 6.45) is 0. The zero-order valence-electron chi connectivity index (χ0n) is 12.3. The number of nitrogens with zero attached hydrogens (tertiary/aromatic N) is 4. The Kier molecular flexibility index (Phi) is 5.11. The van der Waals surface area contributed by atoms with Crippen molar-refractivity contribution in [2.75, 3.05) is 33.4 Å². The quantitative estimate of drug-likeness (QED) is 0.428. The first-order chi connectivity index (χ1) is 10.8. The fourth-order valence-corrected chi connectivity index (χ4v) is 3.45. The number of hydrogen-bond acceptors (Lipinski definition) is 6. The number of amides is 1. The third-order valence-electron chi connectivity index (χ3n) is 3.20. The van der Waals surface area contributed by atoms with Gasteiger partial charge in [-0.3, -0.25) is 4.79 Å². The summed E-state index contributed by atoms with van der Waals surface area (Å²) < 4.78 is 38.8. The van der Waals surface area contributed by atoms with Crippen molar-refractivity contribution in [2.45, 2.75) is 4.90 Å². The Labute approximate surface area is 132 Å². The highest BCUT2D eigenvalue weighted by Gasteiger charge is 2.34. The lowest BCUT2D eigenvalue weighted by Gasteiger charge is -2.17. The lowest BCUT2D eigenvalue weighted by atomic mass is 10.4. The number of rotatable bonds is 5. The van der Waals surface area contributed by atoms with Gasteiger partial charge in [-0.1, -0.05) is 0 Å². The Hall–Kier alpha value is -2.27. The Balaban J connectivity index is 2.05. The van der Waals surface area contributed by atoms with Crippen molar-refractivity contribution in [3.05, 3.63) is 35.3 Å². The maximum absolute atomic E-state index is 12.9. The summed E-state index contributed by atoms with van der Waals surface area (Å²) in [4.78, 5) is 17.3. The maximum atomic E-state index is 12.9. The smallest absolute Gasteiger partial charge is 0.293 e. The van der Waals surface area contributed by atoms with Crippen molar-refractivity contribution in [2.24, 2.45) is 5.28 Å². The molecule has 0 N–H and O–H groups in total. The van der Waals surface area contributed by atoms with E-state index >= 15 is 0 Å². The highest BCUT2D eigenvalue weighted by molar-refractivity contribution is 7.89. The monoisotopic (exact) mass is 346 g/mol. The van der Waals surface area contributed by atoms with Crippen molar-refractivity contribution >= 4 is 15.9 Å². The van der Waals surface area contributed by atoms with Gasteiger partial charge in [0.15, 0.2) is 5.28 Å². The van der Waals surface area contributed by atoms with E-state index in [0.29, 0.717) is 0 Å². The number of hydrogen-bond donors (Lipinski definition) is 0. The number of halogens is 1. The number of carbonyl (C=O) groups is 1. The fourth-order valence-electron chi connectivity index (χ4n) is 2.06. The molecule has 0 unspecified atom stereocenters. The van der Waals surface area contributed by atoms with E-state index in [1.807, 2.05) is 0 Å². The largest absolute Gasteiger partial charge is 0.597 e. The lowest BCUT2D eigenvalue weighted by molar-refractivity contribution is -0.547. The average molecular weight is 346 g/mol. The van der Waals surface area contributed by atoms with E-state index in [0.717, 1.165) is 28.6 Å². The molecule has 1 saturated heterocycles. The number of carbonyl (C=O) groups excluding carboxylic acids is 1. The molecular weight excluding hydrogens is 331 g/mol. The van der Waals surface area contributed by atoms with Crippen molar-refractivity contribution in [1.29, 1.82) is 0 Å². The molecule has 0 atom stereocenters. The minimum Gasteiger partial charge on any atom is -0.597 e. The van der Waals surface area contributed by atoms with Crippen LogP contribution in [-0.2, 0) is 19.7 Å². The molecule has 1 heterocycles. The van der Waals surface area contributed by atoms with E-state index in [-0.39, 0.29) is 29.5 Å².